The molecule has 0 aliphatic heterocycles. The van der Waals surface area contributed by atoms with Crippen molar-refractivity contribution in [2.75, 3.05) is 14.2 Å². The fourth-order valence-corrected chi connectivity index (χ4v) is 1.24. The van der Waals surface area contributed by atoms with Crippen molar-refractivity contribution in [3.05, 3.63) is 12.1 Å². The largest absolute Gasteiger partial charge is 0.493 e. The van der Waals surface area contributed by atoms with E-state index < -0.39 is 0 Å². The fraction of sp³-hybridized carbons (Fsp3) is 0.250. The molecule has 2 rings (SSSR count). The highest BCUT2D eigenvalue weighted by molar-refractivity contribution is 5.78. The van der Waals surface area contributed by atoms with E-state index >= 15 is 0 Å². The first-order chi connectivity index (χ1) is 6.76. The Balaban J connectivity index is 2.71. The zero-order chi connectivity index (χ0) is 10.1. The Kier molecular flexibility index (Phi) is 1.88. The van der Waals surface area contributed by atoms with Gasteiger partial charge in [-0.2, -0.15) is 0 Å². The van der Waals surface area contributed by atoms with Gasteiger partial charge in [0.25, 0.3) is 0 Å². The van der Waals surface area contributed by atoms with Crippen LogP contribution in [0, 0.1) is 0 Å². The molecule has 14 heavy (non-hydrogen) atoms. The van der Waals surface area contributed by atoms with E-state index in [0.717, 1.165) is 0 Å². The molecule has 0 saturated heterocycles. The van der Waals surface area contributed by atoms with Crippen LogP contribution < -0.4 is 9.47 Å². The summed E-state index contributed by atoms with van der Waals surface area (Å²) in [6, 6.07) is 3.25. The zero-order valence-corrected chi connectivity index (χ0v) is 7.76. The number of nitrogens with zero attached hydrogens (tertiary/aromatic N) is 3. The second-order valence-electron chi connectivity index (χ2n) is 2.67. The van der Waals surface area contributed by atoms with E-state index in [1.165, 1.54) is 14.2 Å². The maximum atomic E-state index is 9.24. The number of aromatic nitrogens is 3. The van der Waals surface area contributed by atoms with Crippen molar-refractivity contribution >= 4 is 11.0 Å². The topological polar surface area (TPSA) is 69.4 Å². The van der Waals surface area contributed by atoms with Gasteiger partial charge in [-0.1, -0.05) is 4.85 Å². The van der Waals surface area contributed by atoms with E-state index in [9.17, 15) is 5.21 Å². The van der Waals surface area contributed by atoms with Crippen molar-refractivity contribution in [3.63, 3.8) is 0 Å². The normalized spacial score (nSPS) is 10.4. The molecule has 0 saturated carbocycles. The highest BCUT2D eigenvalue weighted by atomic mass is 16.5. The van der Waals surface area contributed by atoms with Crippen LogP contribution in [0.15, 0.2) is 12.1 Å². The van der Waals surface area contributed by atoms with Gasteiger partial charge in [0.1, 0.15) is 11.0 Å². The summed E-state index contributed by atoms with van der Waals surface area (Å²) in [5.41, 5.74) is 1.02. The average Bonchev–Trinajstić information content (AvgIpc) is 2.58. The smallest absolute Gasteiger partial charge is 0.163 e. The number of benzene rings is 1. The standard InChI is InChI=1S/C8H9N3O3/c1-13-7-3-5-6(4-8(7)14-2)11(12)10-9-5/h3-4,12H,1-2H3. The van der Waals surface area contributed by atoms with Gasteiger partial charge in [0.05, 0.1) is 14.2 Å². The van der Waals surface area contributed by atoms with Crippen molar-refractivity contribution in [3.8, 4) is 11.5 Å². The highest BCUT2D eigenvalue weighted by Crippen LogP contribution is 2.30. The number of fused-ring (bicyclic) bond motifs is 1. The van der Waals surface area contributed by atoms with Crippen LogP contribution in [0.3, 0.4) is 0 Å². The molecule has 2 aromatic rings. The first-order valence-electron chi connectivity index (χ1n) is 3.93. The number of rotatable bonds is 2. The van der Waals surface area contributed by atoms with E-state index in [2.05, 4.69) is 10.3 Å². The lowest BCUT2D eigenvalue weighted by molar-refractivity contribution is 0.154. The zero-order valence-electron chi connectivity index (χ0n) is 7.76. The van der Waals surface area contributed by atoms with Crippen LogP contribution in [-0.4, -0.2) is 34.6 Å². The molecule has 0 atom stereocenters. The summed E-state index contributed by atoms with van der Waals surface area (Å²) in [6.07, 6.45) is 0. The lowest BCUT2D eigenvalue weighted by Crippen LogP contribution is -1.93. The SMILES string of the molecule is COc1cc2nnn(O)c2cc1OC. The van der Waals surface area contributed by atoms with E-state index in [0.29, 0.717) is 27.4 Å². The fourth-order valence-electron chi connectivity index (χ4n) is 1.24. The molecule has 0 fully saturated rings. The maximum Gasteiger partial charge on any atom is 0.163 e. The summed E-state index contributed by atoms with van der Waals surface area (Å²) in [4.78, 5) is 0.692. The van der Waals surface area contributed by atoms with Crippen molar-refractivity contribution in [2.24, 2.45) is 0 Å². The molecule has 1 aromatic carbocycles. The molecule has 74 valence electrons. The molecule has 0 spiro atoms. The van der Waals surface area contributed by atoms with Crippen LogP contribution in [-0.2, 0) is 0 Å². The van der Waals surface area contributed by atoms with E-state index in [-0.39, 0.29) is 0 Å². The van der Waals surface area contributed by atoms with Crippen LogP contribution in [0.4, 0.5) is 0 Å². The summed E-state index contributed by atoms with van der Waals surface area (Å²) in [5.74, 6) is 1.08. The molecule has 0 unspecified atom stereocenters. The minimum Gasteiger partial charge on any atom is -0.493 e. The second-order valence-corrected chi connectivity index (χ2v) is 2.67. The Morgan fingerprint density at radius 3 is 2.50 bits per heavy atom. The van der Waals surface area contributed by atoms with Gasteiger partial charge >= 0.3 is 0 Å². The first kappa shape index (κ1) is 8.61. The molecule has 1 heterocycles. The molecular formula is C8H9N3O3. The third kappa shape index (κ3) is 1.12. The number of methoxy groups -OCH3 is 2. The minimum absolute atomic E-state index is 0.475. The van der Waals surface area contributed by atoms with E-state index in [1.807, 2.05) is 0 Å². The molecule has 0 aliphatic rings. The average molecular weight is 195 g/mol. The van der Waals surface area contributed by atoms with Gasteiger partial charge in [0.15, 0.2) is 11.5 Å². The Hall–Kier alpha value is -1.98. The Bertz CT molecular complexity index is 466. The monoisotopic (exact) mass is 195 g/mol. The first-order valence-corrected chi connectivity index (χ1v) is 3.93. The highest BCUT2D eigenvalue weighted by Gasteiger charge is 2.10. The van der Waals surface area contributed by atoms with Crippen molar-refractivity contribution in [2.45, 2.75) is 0 Å². The van der Waals surface area contributed by atoms with Crippen LogP contribution >= 0.6 is 0 Å². The van der Waals surface area contributed by atoms with Gasteiger partial charge in [-0.05, 0) is 5.21 Å². The minimum atomic E-state index is 0.475. The van der Waals surface area contributed by atoms with E-state index in [1.54, 1.807) is 12.1 Å². The Morgan fingerprint density at radius 1 is 1.21 bits per heavy atom. The number of ether oxygens (including phenoxy) is 2. The number of hydrogen-bond acceptors (Lipinski definition) is 5. The van der Waals surface area contributed by atoms with Gasteiger partial charge in [-0.15, -0.1) is 5.10 Å². The van der Waals surface area contributed by atoms with Crippen LogP contribution in [0.2, 0.25) is 0 Å². The van der Waals surface area contributed by atoms with Gasteiger partial charge in [0.2, 0.25) is 0 Å². The molecule has 1 aromatic heterocycles. The maximum absolute atomic E-state index is 9.24. The summed E-state index contributed by atoms with van der Waals surface area (Å²) >= 11 is 0. The molecular weight excluding hydrogens is 186 g/mol. The second kappa shape index (κ2) is 3.06. The molecule has 6 heteroatoms. The lowest BCUT2D eigenvalue weighted by atomic mass is 10.3. The third-order valence-corrected chi connectivity index (χ3v) is 1.93. The Labute approximate surface area is 79.6 Å². The summed E-state index contributed by atoms with van der Waals surface area (Å²) in [5, 5.41) is 16.4. The molecule has 0 radical (unpaired) electrons. The predicted molar refractivity (Wildman–Crippen MR) is 47.8 cm³/mol. The van der Waals surface area contributed by atoms with Crippen molar-refractivity contribution < 1.29 is 14.7 Å². The summed E-state index contributed by atoms with van der Waals surface area (Å²) in [7, 11) is 3.06. The summed E-state index contributed by atoms with van der Waals surface area (Å²) < 4.78 is 10.1. The van der Waals surface area contributed by atoms with Crippen LogP contribution in [0.5, 0.6) is 11.5 Å². The van der Waals surface area contributed by atoms with Gasteiger partial charge in [-0.3, -0.25) is 0 Å². The Morgan fingerprint density at radius 2 is 1.86 bits per heavy atom. The van der Waals surface area contributed by atoms with Gasteiger partial charge in [-0.25, -0.2) is 0 Å². The quantitative estimate of drug-likeness (QED) is 0.714. The number of hydrogen-bond donors (Lipinski definition) is 1. The van der Waals surface area contributed by atoms with Crippen molar-refractivity contribution in [1.82, 2.24) is 15.2 Å². The van der Waals surface area contributed by atoms with Crippen molar-refractivity contribution in [1.29, 1.82) is 0 Å². The third-order valence-electron chi connectivity index (χ3n) is 1.93. The predicted octanol–water partition coefficient (Wildman–Crippen LogP) is 0.686. The van der Waals surface area contributed by atoms with Gasteiger partial charge in [0, 0.05) is 12.1 Å². The lowest BCUT2D eigenvalue weighted by Gasteiger charge is -2.06. The molecule has 6 nitrogen and oxygen atoms in total. The molecule has 0 aliphatic carbocycles. The molecule has 1 N–H and O–H groups in total. The molecule has 0 amide bonds. The summed E-state index contributed by atoms with van der Waals surface area (Å²) in [6.45, 7) is 0. The molecule has 0 bridgehead atoms. The van der Waals surface area contributed by atoms with Crippen LogP contribution in [0.1, 0.15) is 0 Å². The van der Waals surface area contributed by atoms with E-state index in [4.69, 9.17) is 9.47 Å². The van der Waals surface area contributed by atoms with Gasteiger partial charge < -0.3 is 14.7 Å². The van der Waals surface area contributed by atoms with Crippen LogP contribution in [0.25, 0.3) is 11.0 Å².